The number of hydrogen-bond donors (Lipinski definition) is 3. The van der Waals surface area contributed by atoms with E-state index in [2.05, 4.69) is 20.6 Å². The number of carboxylic acids is 1. The number of aliphatic carboxylic acids is 1. The Morgan fingerprint density at radius 3 is 2.35 bits per heavy atom. The molecule has 2 atom stereocenters. The number of amides is 4. The first-order chi connectivity index (χ1) is 25.2. The minimum atomic E-state index is -1.11. The molecule has 3 aromatic rings. The van der Waals surface area contributed by atoms with Crippen molar-refractivity contribution in [2.75, 3.05) is 51.3 Å². The predicted molar refractivity (Wildman–Crippen MR) is 189 cm³/mol. The topological polar surface area (TPSA) is 176 Å². The maximum absolute atomic E-state index is 13.7. The number of nitrogens with one attached hydrogen (secondary N) is 2. The van der Waals surface area contributed by atoms with Crippen LogP contribution < -0.4 is 25.0 Å². The number of methoxy groups -OCH3 is 1. The minimum absolute atomic E-state index is 0.0822. The molecule has 3 N–H and O–H groups in total. The number of carbonyl (C=O) groups is 5. The Bertz CT molecular complexity index is 1750. The highest BCUT2D eigenvalue weighted by Gasteiger charge is 2.36. The minimum Gasteiger partial charge on any atom is -0.497 e. The zero-order valence-corrected chi connectivity index (χ0v) is 29.2. The number of ether oxygens (including phenoxy) is 2. The molecule has 6 rings (SSSR count). The van der Waals surface area contributed by atoms with Gasteiger partial charge in [-0.25, -0.2) is 4.68 Å². The van der Waals surface area contributed by atoms with Crippen molar-refractivity contribution in [3.8, 4) is 17.3 Å². The van der Waals surface area contributed by atoms with Gasteiger partial charge in [0.05, 0.1) is 12.8 Å². The summed E-state index contributed by atoms with van der Waals surface area (Å²) >= 11 is 0. The first kappa shape index (κ1) is 36.2. The lowest BCUT2D eigenvalue weighted by Crippen LogP contribution is -2.55. The Balaban J connectivity index is 1.13. The van der Waals surface area contributed by atoms with Crippen LogP contribution in [0.1, 0.15) is 55.4 Å². The molecule has 2 aromatic carbocycles. The van der Waals surface area contributed by atoms with Gasteiger partial charge in [-0.15, -0.1) is 0 Å². The van der Waals surface area contributed by atoms with Gasteiger partial charge in [0.25, 0.3) is 11.8 Å². The number of carboxylic acid groups (broad SMARTS) is 1. The number of benzene rings is 2. The van der Waals surface area contributed by atoms with Crippen LogP contribution in [-0.2, 0) is 19.2 Å². The van der Waals surface area contributed by atoms with E-state index in [-0.39, 0.29) is 54.8 Å². The molecule has 52 heavy (non-hydrogen) atoms. The highest BCUT2D eigenvalue weighted by Crippen LogP contribution is 2.25. The maximum atomic E-state index is 13.7. The maximum Gasteiger partial charge on any atom is 0.303 e. The van der Waals surface area contributed by atoms with Crippen LogP contribution in [0.3, 0.4) is 0 Å². The molecular weight excluding hydrogens is 670 g/mol. The van der Waals surface area contributed by atoms with E-state index >= 15 is 0 Å². The fraction of sp³-hybridized carbons (Fsp3) is 0.459. The molecule has 2 aliphatic heterocycles. The zero-order chi connectivity index (χ0) is 36.6. The third kappa shape index (κ3) is 8.64. The van der Waals surface area contributed by atoms with Crippen LogP contribution in [0.2, 0.25) is 0 Å². The first-order valence-electron chi connectivity index (χ1n) is 17.8. The number of anilines is 1. The van der Waals surface area contributed by atoms with Gasteiger partial charge in [0.1, 0.15) is 17.8 Å². The van der Waals surface area contributed by atoms with Crippen LogP contribution in [0.25, 0.3) is 5.69 Å². The van der Waals surface area contributed by atoms with E-state index in [0.717, 1.165) is 30.7 Å². The van der Waals surface area contributed by atoms with E-state index < -0.39 is 24.0 Å². The molecule has 1 saturated carbocycles. The number of likely N-dealkylation sites (tertiary alicyclic amines) is 1. The average Bonchev–Trinajstić information content (AvgIpc) is 3.82. The predicted octanol–water partition coefficient (Wildman–Crippen LogP) is 2.23. The molecule has 0 unspecified atom stereocenters. The van der Waals surface area contributed by atoms with Crippen molar-refractivity contribution in [2.45, 2.75) is 63.1 Å². The van der Waals surface area contributed by atoms with E-state index in [4.69, 9.17) is 9.47 Å². The van der Waals surface area contributed by atoms with Crippen LogP contribution in [0.4, 0.5) is 5.69 Å². The van der Waals surface area contributed by atoms with Gasteiger partial charge in [-0.3, -0.25) is 24.0 Å². The summed E-state index contributed by atoms with van der Waals surface area (Å²) in [7, 11) is 1.60. The van der Waals surface area contributed by atoms with Crippen molar-refractivity contribution in [3.05, 3.63) is 66.4 Å². The number of para-hydroxylation sites is 1. The van der Waals surface area contributed by atoms with Crippen LogP contribution in [0, 0.1) is 0 Å². The fourth-order valence-corrected chi connectivity index (χ4v) is 6.71. The van der Waals surface area contributed by atoms with Crippen molar-refractivity contribution < 1.29 is 38.6 Å². The molecule has 0 radical (unpaired) electrons. The van der Waals surface area contributed by atoms with Gasteiger partial charge in [0, 0.05) is 63.0 Å². The van der Waals surface area contributed by atoms with E-state index in [0.29, 0.717) is 51.3 Å². The van der Waals surface area contributed by atoms with Crippen LogP contribution in [0.15, 0.2) is 60.7 Å². The van der Waals surface area contributed by atoms with Gasteiger partial charge in [0.15, 0.2) is 12.3 Å². The zero-order valence-electron chi connectivity index (χ0n) is 29.2. The van der Waals surface area contributed by atoms with Gasteiger partial charge in [0.2, 0.25) is 17.7 Å². The summed E-state index contributed by atoms with van der Waals surface area (Å²) in [6, 6.07) is 16.4. The SMILES string of the molecule is COc1cccc(N2CCN(C(=O)[C@H](CCC(=O)O)NC(=O)c3cc(OCC(=O)N4CCC[C@H]4C(=O)NC4CCC4)n(-c4ccccc4)n3)CC2)c1. The third-order valence-corrected chi connectivity index (χ3v) is 9.84. The lowest BCUT2D eigenvalue weighted by molar-refractivity contribution is -0.140. The Hall–Kier alpha value is -5.60. The Morgan fingerprint density at radius 2 is 1.65 bits per heavy atom. The average molecular weight is 716 g/mol. The summed E-state index contributed by atoms with van der Waals surface area (Å²) in [5, 5.41) is 19.6. The summed E-state index contributed by atoms with van der Waals surface area (Å²) in [6.07, 6.45) is 3.83. The molecule has 0 bridgehead atoms. The summed E-state index contributed by atoms with van der Waals surface area (Å²) in [5.41, 5.74) is 1.45. The van der Waals surface area contributed by atoms with Gasteiger partial charge in [-0.1, -0.05) is 24.3 Å². The Morgan fingerprint density at radius 1 is 0.904 bits per heavy atom. The number of nitrogens with zero attached hydrogens (tertiary/aromatic N) is 5. The molecule has 1 aromatic heterocycles. The molecule has 276 valence electrons. The van der Waals surface area contributed by atoms with Gasteiger partial charge in [-0.05, 0) is 62.8 Å². The molecule has 15 heteroatoms. The normalized spacial score (nSPS) is 17.9. The van der Waals surface area contributed by atoms with Gasteiger partial charge >= 0.3 is 5.97 Å². The first-order valence-corrected chi connectivity index (χ1v) is 17.8. The second kappa shape index (κ2) is 16.6. The summed E-state index contributed by atoms with van der Waals surface area (Å²) in [6.45, 7) is 1.91. The van der Waals surface area contributed by atoms with Crippen LogP contribution in [0.5, 0.6) is 11.6 Å². The molecule has 2 saturated heterocycles. The quantitative estimate of drug-likeness (QED) is 0.225. The van der Waals surface area contributed by atoms with Crippen molar-refractivity contribution >= 4 is 35.3 Å². The molecule has 15 nitrogen and oxygen atoms in total. The largest absolute Gasteiger partial charge is 0.497 e. The van der Waals surface area contributed by atoms with E-state index in [1.54, 1.807) is 41.2 Å². The van der Waals surface area contributed by atoms with Crippen molar-refractivity contribution in [3.63, 3.8) is 0 Å². The van der Waals surface area contributed by atoms with E-state index in [1.165, 1.54) is 10.7 Å². The standard InChI is InChI=1S/C37H45N7O8/c1-51-28-13-6-12-27(22-28)41-18-20-42(21-19-41)37(50)29(15-16-34(46)47)39-35(48)30-23-33(44(40-30)26-10-3-2-4-11-26)52-24-32(45)43-17-7-14-31(43)36(49)38-25-8-5-9-25/h2-4,6,10-13,22-23,25,29,31H,5,7-9,14-21,24H2,1H3,(H,38,49)(H,39,48)(H,46,47)/t29-,31-/m0/s1. The van der Waals surface area contributed by atoms with E-state index in [1.807, 2.05) is 30.3 Å². The summed E-state index contributed by atoms with van der Waals surface area (Å²) in [5.74, 6) is -1.84. The Labute approximate surface area is 301 Å². The van der Waals surface area contributed by atoms with Gasteiger partial charge in [-0.2, -0.15) is 5.10 Å². The number of rotatable bonds is 14. The number of carbonyl (C=O) groups excluding carboxylic acids is 4. The molecule has 1 aliphatic carbocycles. The molecule has 4 amide bonds. The smallest absolute Gasteiger partial charge is 0.303 e. The van der Waals surface area contributed by atoms with Crippen molar-refractivity contribution in [2.24, 2.45) is 0 Å². The molecule has 0 spiro atoms. The highest BCUT2D eigenvalue weighted by atomic mass is 16.5. The van der Waals surface area contributed by atoms with Gasteiger partial charge < -0.3 is 39.9 Å². The molecule has 3 aliphatic rings. The molecular formula is C37H45N7O8. The van der Waals surface area contributed by atoms with Crippen LogP contribution >= 0.6 is 0 Å². The molecule has 3 fully saturated rings. The van der Waals surface area contributed by atoms with Crippen LogP contribution in [-0.4, -0.2) is 119 Å². The number of piperazine rings is 1. The lowest BCUT2D eigenvalue weighted by atomic mass is 9.93. The Kier molecular flexibility index (Phi) is 11.6. The lowest BCUT2D eigenvalue weighted by Gasteiger charge is -2.37. The van der Waals surface area contributed by atoms with Crippen molar-refractivity contribution in [1.82, 2.24) is 30.2 Å². The summed E-state index contributed by atoms with van der Waals surface area (Å²) < 4.78 is 12.7. The fourth-order valence-electron chi connectivity index (χ4n) is 6.71. The number of aromatic nitrogens is 2. The summed E-state index contributed by atoms with van der Waals surface area (Å²) in [4.78, 5) is 70.4. The van der Waals surface area contributed by atoms with Crippen molar-refractivity contribution in [1.29, 1.82) is 0 Å². The highest BCUT2D eigenvalue weighted by molar-refractivity contribution is 5.96. The van der Waals surface area contributed by atoms with E-state index in [9.17, 15) is 29.1 Å². The second-order valence-electron chi connectivity index (χ2n) is 13.3. The molecule has 3 heterocycles. The number of hydrogen-bond acceptors (Lipinski definition) is 9. The third-order valence-electron chi connectivity index (χ3n) is 9.84. The monoisotopic (exact) mass is 715 g/mol. The second-order valence-corrected chi connectivity index (χ2v) is 13.3.